The van der Waals surface area contributed by atoms with Crippen molar-refractivity contribution in [2.45, 2.75) is 11.4 Å². The Kier molecular flexibility index (Phi) is 7.25. The van der Waals surface area contributed by atoms with E-state index in [0.717, 1.165) is 14.8 Å². The number of rotatable bonds is 7. The van der Waals surface area contributed by atoms with Crippen LogP contribution in [0, 0.1) is 5.82 Å². The molecular formula is C21H17BrClFN2O3S. The van der Waals surface area contributed by atoms with Gasteiger partial charge in [0.15, 0.2) is 0 Å². The van der Waals surface area contributed by atoms with E-state index in [1.807, 2.05) is 0 Å². The summed E-state index contributed by atoms with van der Waals surface area (Å²) in [4.78, 5) is 12.6. The molecule has 3 aromatic carbocycles. The minimum atomic E-state index is -3.98. The van der Waals surface area contributed by atoms with Gasteiger partial charge in [0.25, 0.3) is 0 Å². The smallest absolute Gasteiger partial charge is 0.243 e. The van der Waals surface area contributed by atoms with E-state index in [9.17, 15) is 17.6 Å². The Morgan fingerprint density at radius 3 is 2.33 bits per heavy atom. The summed E-state index contributed by atoms with van der Waals surface area (Å²) < 4.78 is 41.6. The predicted octanol–water partition coefficient (Wildman–Crippen LogP) is 5.07. The zero-order chi connectivity index (χ0) is 21.7. The third-order valence-electron chi connectivity index (χ3n) is 4.15. The highest BCUT2D eigenvalue weighted by Gasteiger charge is 2.27. The summed E-state index contributed by atoms with van der Waals surface area (Å²) >= 11 is 9.18. The van der Waals surface area contributed by atoms with Gasteiger partial charge in [-0.15, -0.1) is 0 Å². The fraction of sp³-hybridized carbons (Fsp3) is 0.0952. The van der Waals surface area contributed by atoms with Gasteiger partial charge in [-0.2, -0.15) is 4.31 Å². The van der Waals surface area contributed by atoms with Crippen molar-refractivity contribution in [2.75, 3.05) is 11.9 Å². The Hall–Kier alpha value is -2.26. The summed E-state index contributed by atoms with van der Waals surface area (Å²) in [6.07, 6.45) is 0. The maximum absolute atomic E-state index is 13.4. The molecule has 0 aliphatic rings. The average Bonchev–Trinajstić information content (AvgIpc) is 2.69. The second-order valence-corrected chi connectivity index (χ2v) is 9.70. The zero-order valence-electron chi connectivity index (χ0n) is 15.6. The van der Waals surface area contributed by atoms with E-state index < -0.39 is 28.3 Å². The molecule has 3 aromatic rings. The largest absolute Gasteiger partial charge is 0.325 e. The molecule has 1 N–H and O–H groups in total. The van der Waals surface area contributed by atoms with Crippen LogP contribution in [0.5, 0.6) is 0 Å². The van der Waals surface area contributed by atoms with Crippen molar-refractivity contribution in [2.24, 2.45) is 0 Å². The molecule has 0 fully saturated rings. The molecule has 0 spiro atoms. The number of carbonyl (C=O) groups is 1. The molecule has 3 rings (SSSR count). The van der Waals surface area contributed by atoms with Crippen molar-refractivity contribution >= 4 is 49.1 Å². The molecule has 156 valence electrons. The topological polar surface area (TPSA) is 66.5 Å². The maximum Gasteiger partial charge on any atom is 0.243 e. The summed E-state index contributed by atoms with van der Waals surface area (Å²) in [5, 5.41) is 3.05. The molecule has 0 saturated carbocycles. The molecule has 0 bridgehead atoms. The van der Waals surface area contributed by atoms with Gasteiger partial charge in [0.1, 0.15) is 5.82 Å². The van der Waals surface area contributed by atoms with Crippen LogP contribution in [0.2, 0.25) is 5.02 Å². The van der Waals surface area contributed by atoms with Crippen molar-refractivity contribution in [1.82, 2.24) is 4.31 Å². The number of carbonyl (C=O) groups excluding carboxylic acids is 1. The Morgan fingerprint density at radius 2 is 1.70 bits per heavy atom. The Labute approximate surface area is 187 Å². The van der Waals surface area contributed by atoms with Crippen molar-refractivity contribution in [3.05, 3.63) is 93.7 Å². The third kappa shape index (κ3) is 5.89. The fourth-order valence-corrected chi connectivity index (χ4v) is 4.48. The second kappa shape index (κ2) is 9.70. The maximum atomic E-state index is 13.4. The van der Waals surface area contributed by atoms with E-state index in [1.54, 1.807) is 36.4 Å². The van der Waals surface area contributed by atoms with E-state index in [4.69, 9.17) is 11.6 Å². The molecule has 0 saturated heterocycles. The number of hydrogen-bond acceptors (Lipinski definition) is 3. The first-order chi connectivity index (χ1) is 14.2. The molecule has 0 aliphatic carbocycles. The first-order valence-electron chi connectivity index (χ1n) is 8.79. The van der Waals surface area contributed by atoms with Gasteiger partial charge in [0.05, 0.1) is 11.4 Å². The van der Waals surface area contributed by atoms with Crippen LogP contribution in [-0.2, 0) is 21.4 Å². The first-order valence-corrected chi connectivity index (χ1v) is 11.4. The summed E-state index contributed by atoms with van der Waals surface area (Å²) in [5.41, 5.74) is 0.908. The summed E-state index contributed by atoms with van der Waals surface area (Å²) in [6.45, 7) is -0.482. The number of hydrogen-bond donors (Lipinski definition) is 1. The van der Waals surface area contributed by atoms with Crippen LogP contribution in [0.4, 0.5) is 10.1 Å². The van der Waals surface area contributed by atoms with E-state index in [-0.39, 0.29) is 17.1 Å². The lowest BCUT2D eigenvalue weighted by molar-refractivity contribution is -0.116. The molecular weight excluding hydrogens is 495 g/mol. The van der Waals surface area contributed by atoms with Gasteiger partial charge in [0, 0.05) is 21.7 Å². The van der Waals surface area contributed by atoms with Gasteiger partial charge in [-0.3, -0.25) is 4.79 Å². The summed E-state index contributed by atoms with van der Waals surface area (Å²) in [7, 11) is -3.98. The number of nitrogens with zero attached hydrogens (tertiary/aromatic N) is 1. The van der Waals surface area contributed by atoms with Crippen LogP contribution in [0.15, 0.2) is 82.2 Å². The highest BCUT2D eigenvalue weighted by Crippen LogP contribution is 2.22. The zero-order valence-corrected chi connectivity index (χ0v) is 18.7. The molecule has 0 unspecified atom stereocenters. The quantitative estimate of drug-likeness (QED) is 0.482. The summed E-state index contributed by atoms with van der Waals surface area (Å²) in [6, 6.07) is 18.2. The lowest BCUT2D eigenvalue weighted by Crippen LogP contribution is -2.37. The molecule has 5 nitrogen and oxygen atoms in total. The van der Waals surface area contributed by atoms with E-state index >= 15 is 0 Å². The van der Waals surface area contributed by atoms with Gasteiger partial charge < -0.3 is 5.32 Å². The van der Waals surface area contributed by atoms with Crippen LogP contribution in [0.3, 0.4) is 0 Å². The Morgan fingerprint density at radius 1 is 1.03 bits per heavy atom. The minimum Gasteiger partial charge on any atom is -0.325 e. The molecule has 0 aliphatic heterocycles. The summed E-state index contributed by atoms with van der Waals surface area (Å²) in [5.74, 6) is -1.09. The minimum absolute atomic E-state index is 0.0356. The normalized spacial score (nSPS) is 11.5. The molecule has 0 aromatic heterocycles. The van der Waals surface area contributed by atoms with Crippen LogP contribution in [-0.4, -0.2) is 25.2 Å². The number of sulfonamides is 1. The van der Waals surface area contributed by atoms with Crippen LogP contribution in [0.25, 0.3) is 0 Å². The van der Waals surface area contributed by atoms with E-state index in [2.05, 4.69) is 21.2 Å². The van der Waals surface area contributed by atoms with Crippen LogP contribution >= 0.6 is 27.5 Å². The Bertz CT molecular complexity index is 1140. The van der Waals surface area contributed by atoms with Crippen molar-refractivity contribution < 1.29 is 17.6 Å². The SMILES string of the molecule is O=C(CN(Cc1ccc(Cl)cc1)S(=O)(=O)c1ccc(Br)cc1)Nc1cccc(F)c1. The number of amides is 1. The second-order valence-electron chi connectivity index (χ2n) is 6.41. The highest BCUT2D eigenvalue weighted by atomic mass is 79.9. The van der Waals surface area contributed by atoms with Gasteiger partial charge in [-0.1, -0.05) is 45.7 Å². The van der Waals surface area contributed by atoms with Crippen LogP contribution in [0.1, 0.15) is 5.56 Å². The number of nitrogens with one attached hydrogen (secondary N) is 1. The fourth-order valence-electron chi connectivity index (χ4n) is 2.70. The molecule has 0 atom stereocenters. The first kappa shape index (κ1) is 22.4. The standard InChI is InChI=1S/C21H17BrClFN2O3S/c22-16-6-10-20(11-7-16)30(28,29)26(13-15-4-8-17(23)9-5-15)14-21(27)25-19-3-1-2-18(24)12-19/h1-12H,13-14H2,(H,25,27). The highest BCUT2D eigenvalue weighted by molar-refractivity contribution is 9.10. The van der Waals surface area contributed by atoms with Gasteiger partial charge in [-0.05, 0) is 60.2 Å². The van der Waals surface area contributed by atoms with Gasteiger partial charge in [-0.25, -0.2) is 12.8 Å². The van der Waals surface area contributed by atoms with E-state index in [1.165, 1.54) is 30.3 Å². The van der Waals surface area contributed by atoms with Crippen molar-refractivity contribution in [3.63, 3.8) is 0 Å². The molecule has 1 amide bonds. The van der Waals surface area contributed by atoms with E-state index in [0.29, 0.717) is 10.6 Å². The van der Waals surface area contributed by atoms with Crippen molar-refractivity contribution in [1.29, 1.82) is 0 Å². The van der Waals surface area contributed by atoms with Crippen molar-refractivity contribution in [3.8, 4) is 0 Å². The average molecular weight is 512 g/mol. The molecule has 30 heavy (non-hydrogen) atoms. The Balaban J connectivity index is 1.87. The predicted molar refractivity (Wildman–Crippen MR) is 118 cm³/mol. The number of halogens is 3. The molecule has 9 heteroatoms. The monoisotopic (exact) mass is 510 g/mol. The molecule has 0 radical (unpaired) electrons. The van der Waals surface area contributed by atoms with Gasteiger partial charge >= 0.3 is 0 Å². The lowest BCUT2D eigenvalue weighted by Gasteiger charge is -2.22. The molecule has 0 heterocycles. The third-order valence-corrected chi connectivity index (χ3v) is 6.74. The van der Waals surface area contributed by atoms with Gasteiger partial charge in [0.2, 0.25) is 15.9 Å². The number of benzene rings is 3. The van der Waals surface area contributed by atoms with Crippen LogP contribution < -0.4 is 5.32 Å². The number of anilines is 1. The lowest BCUT2D eigenvalue weighted by atomic mass is 10.2.